The molecule has 6 atom stereocenters. The van der Waals surface area contributed by atoms with E-state index in [4.69, 9.17) is 0 Å². The van der Waals surface area contributed by atoms with Crippen LogP contribution < -0.4 is 0 Å². The predicted octanol–water partition coefficient (Wildman–Crippen LogP) is 0.0669. The van der Waals surface area contributed by atoms with Crippen molar-refractivity contribution in [3.63, 3.8) is 0 Å². The van der Waals surface area contributed by atoms with Crippen LogP contribution in [0.4, 0.5) is 0 Å². The molecule has 1 saturated carbocycles. The van der Waals surface area contributed by atoms with Gasteiger partial charge in [-0.25, -0.2) is 0 Å². The summed E-state index contributed by atoms with van der Waals surface area (Å²) in [5.41, 5.74) is 0. The Morgan fingerprint density at radius 1 is 0.941 bits per heavy atom. The lowest BCUT2D eigenvalue weighted by Crippen LogP contribution is -2.42. The third-order valence-corrected chi connectivity index (χ3v) is 4.45. The van der Waals surface area contributed by atoms with E-state index in [9.17, 15) is 15.3 Å². The summed E-state index contributed by atoms with van der Waals surface area (Å²) in [5, 5.41) is 29.2. The summed E-state index contributed by atoms with van der Waals surface area (Å²) >= 11 is 0. The summed E-state index contributed by atoms with van der Waals surface area (Å²) in [5.74, 6) is 1.40. The summed E-state index contributed by atoms with van der Waals surface area (Å²) in [6, 6.07) is 0. The van der Waals surface area contributed by atoms with Gasteiger partial charge in [-0.05, 0) is 24.7 Å². The molecule has 0 amide bonds. The molecule has 0 aromatic heterocycles. The molecular formula is C13H25NO3. The molecule has 2 aliphatic rings. The zero-order valence-corrected chi connectivity index (χ0v) is 10.8. The molecule has 0 radical (unpaired) electrons. The maximum atomic E-state index is 10.2. The van der Waals surface area contributed by atoms with Crippen molar-refractivity contribution in [2.45, 2.75) is 45.0 Å². The molecule has 3 N–H and O–H groups in total. The Labute approximate surface area is 103 Å². The third-order valence-electron chi connectivity index (χ3n) is 4.45. The highest BCUT2D eigenvalue weighted by Gasteiger charge is 2.37. The van der Waals surface area contributed by atoms with Crippen molar-refractivity contribution >= 4 is 0 Å². The second kappa shape index (κ2) is 5.22. The maximum Gasteiger partial charge on any atom is 0.0938 e. The Morgan fingerprint density at radius 3 is 2.06 bits per heavy atom. The van der Waals surface area contributed by atoms with Crippen LogP contribution in [-0.4, -0.2) is 58.2 Å². The zero-order chi connectivity index (χ0) is 12.6. The third kappa shape index (κ3) is 2.99. The molecule has 2 fully saturated rings. The first-order valence-corrected chi connectivity index (χ1v) is 6.74. The van der Waals surface area contributed by atoms with Gasteiger partial charge in [0.25, 0.3) is 0 Å². The van der Waals surface area contributed by atoms with Crippen molar-refractivity contribution in [2.75, 3.05) is 19.6 Å². The first-order chi connectivity index (χ1) is 7.97. The number of rotatable bonds is 2. The molecule has 1 saturated heterocycles. The van der Waals surface area contributed by atoms with Crippen molar-refractivity contribution in [3.8, 4) is 0 Å². The van der Waals surface area contributed by atoms with E-state index in [-0.39, 0.29) is 12.0 Å². The highest BCUT2D eigenvalue weighted by atomic mass is 16.3. The summed E-state index contributed by atoms with van der Waals surface area (Å²) < 4.78 is 0. The number of hydrogen-bond acceptors (Lipinski definition) is 4. The minimum Gasteiger partial charge on any atom is -0.393 e. The topological polar surface area (TPSA) is 63.9 Å². The van der Waals surface area contributed by atoms with Crippen molar-refractivity contribution in [1.82, 2.24) is 4.90 Å². The maximum absolute atomic E-state index is 10.2. The molecular weight excluding hydrogens is 218 g/mol. The van der Waals surface area contributed by atoms with Gasteiger partial charge in [0.2, 0.25) is 0 Å². The lowest BCUT2D eigenvalue weighted by molar-refractivity contribution is -0.000572. The molecule has 0 bridgehead atoms. The van der Waals surface area contributed by atoms with Gasteiger partial charge in [0.05, 0.1) is 18.3 Å². The Bertz CT molecular complexity index is 239. The molecule has 4 nitrogen and oxygen atoms in total. The Kier molecular flexibility index (Phi) is 4.08. The fourth-order valence-electron chi connectivity index (χ4n) is 3.47. The number of likely N-dealkylation sites (tertiary alicyclic amines) is 1. The van der Waals surface area contributed by atoms with Crippen LogP contribution in [0, 0.1) is 17.8 Å². The van der Waals surface area contributed by atoms with E-state index < -0.39 is 12.2 Å². The van der Waals surface area contributed by atoms with Gasteiger partial charge >= 0.3 is 0 Å². The lowest BCUT2D eigenvalue weighted by atomic mass is 9.73. The van der Waals surface area contributed by atoms with E-state index in [2.05, 4.69) is 18.7 Å². The van der Waals surface area contributed by atoms with Crippen molar-refractivity contribution in [1.29, 1.82) is 0 Å². The Morgan fingerprint density at radius 2 is 1.53 bits per heavy atom. The molecule has 0 aromatic carbocycles. The van der Waals surface area contributed by atoms with Crippen molar-refractivity contribution < 1.29 is 15.3 Å². The number of aliphatic hydroxyl groups is 3. The summed E-state index contributed by atoms with van der Waals surface area (Å²) in [6.45, 7) is 6.26. The van der Waals surface area contributed by atoms with Gasteiger partial charge in [0, 0.05) is 25.6 Å². The average molecular weight is 243 g/mol. The van der Waals surface area contributed by atoms with Crippen LogP contribution in [0.5, 0.6) is 0 Å². The molecule has 1 aliphatic heterocycles. The minimum absolute atomic E-state index is 0.233. The van der Waals surface area contributed by atoms with Crippen LogP contribution in [-0.2, 0) is 0 Å². The van der Waals surface area contributed by atoms with Crippen LogP contribution in [0.1, 0.15) is 26.7 Å². The van der Waals surface area contributed by atoms with E-state index in [1.807, 2.05) is 0 Å². The lowest BCUT2D eigenvalue weighted by Gasteiger charge is -2.38. The van der Waals surface area contributed by atoms with Crippen LogP contribution in [0.25, 0.3) is 0 Å². The van der Waals surface area contributed by atoms with Gasteiger partial charge in [-0.3, -0.25) is 4.90 Å². The average Bonchev–Trinajstić information content (AvgIpc) is 2.52. The molecule has 4 heteroatoms. The zero-order valence-electron chi connectivity index (χ0n) is 10.8. The van der Waals surface area contributed by atoms with Gasteiger partial charge < -0.3 is 15.3 Å². The normalized spacial score (nSPS) is 48.5. The summed E-state index contributed by atoms with van der Waals surface area (Å²) in [4.78, 5) is 2.08. The molecule has 100 valence electrons. The monoisotopic (exact) mass is 243 g/mol. The molecule has 2 rings (SSSR count). The summed E-state index contributed by atoms with van der Waals surface area (Å²) in [7, 11) is 0. The van der Waals surface area contributed by atoms with E-state index in [1.54, 1.807) is 0 Å². The number of aliphatic hydroxyl groups excluding tert-OH is 3. The van der Waals surface area contributed by atoms with E-state index in [0.29, 0.717) is 24.9 Å². The second-order valence-electron chi connectivity index (χ2n) is 6.14. The fourth-order valence-corrected chi connectivity index (χ4v) is 3.47. The standard InChI is InChI=1S/C13H25NO3/c1-8-3-9(2)10(11(15)4-8)5-14-6-12(16)13(17)7-14/h8-13,15-17H,3-7H2,1-2H3. The van der Waals surface area contributed by atoms with E-state index in [1.165, 1.54) is 6.42 Å². The minimum atomic E-state index is -0.620. The second-order valence-corrected chi connectivity index (χ2v) is 6.14. The van der Waals surface area contributed by atoms with E-state index in [0.717, 1.165) is 13.0 Å². The van der Waals surface area contributed by atoms with Crippen LogP contribution >= 0.6 is 0 Å². The van der Waals surface area contributed by atoms with Crippen molar-refractivity contribution in [2.24, 2.45) is 17.8 Å². The smallest absolute Gasteiger partial charge is 0.0938 e. The van der Waals surface area contributed by atoms with Gasteiger partial charge in [-0.1, -0.05) is 13.8 Å². The Balaban J connectivity index is 1.90. The predicted molar refractivity (Wildman–Crippen MR) is 65.5 cm³/mol. The Hall–Kier alpha value is -0.160. The SMILES string of the molecule is CC1CC(C)C(CN2CC(O)C(O)C2)C(O)C1. The van der Waals surface area contributed by atoms with Crippen LogP contribution in [0.2, 0.25) is 0 Å². The van der Waals surface area contributed by atoms with Crippen LogP contribution in [0.3, 0.4) is 0 Å². The first kappa shape index (κ1) is 13.3. The van der Waals surface area contributed by atoms with Gasteiger partial charge in [-0.2, -0.15) is 0 Å². The van der Waals surface area contributed by atoms with Crippen molar-refractivity contribution in [3.05, 3.63) is 0 Å². The molecule has 6 unspecified atom stereocenters. The number of hydrogen-bond donors (Lipinski definition) is 3. The molecule has 0 spiro atoms. The van der Waals surface area contributed by atoms with Gasteiger partial charge in [-0.15, -0.1) is 0 Å². The fraction of sp³-hybridized carbons (Fsp3) is 1.00. The van der Waals surface area contributed by atoms with Gasteiger partial charge in [0.1, 0.15) is 0 Å². The number of β-amino-alcohol motifs (C(OH)–C–C–N with tert-alkyl or cyclic N) is 2. The molecule has 1 heterocycles. The quantitative estimate of drug-likeness (QED) is 0.642. The molecule has 0 aromatic rings. The van der Waals surface area contributed by atoms with Crippen LogP contribution in [0.15, 0.2) is 0 Å². The first-order valence-electron chi connectivity index (χ1n) is 6.74. The highest BCUT2D eigenvalue weighted by Crippen LogP contribution is 2.34. The summed E-state index contributed by atoms with van der Waals surface area (Å²) in [6.07, 6.45) is 0.577. The van der Waals surface area contributed by atoms with Gasteiger partial charge in [0.15, 0.2) is 0 Å². The molecule has 1 aliphatic carbocycles. The highest BCUT2D eigenvalue weighted by molar-refractivity contribution is 4.89. The largest absolute Gasteiger partial charge is 0.393 e. The number of nitrogens with zero attached hydrogens (tertiary/aromatic N) is 1. The molecule has 17 heavy (non-hydrogen) atoms. The van der Waals surface area contributed by atoms with E-state index >= 15 is 0 Å².